The van der Waals surface area contributed by atoms with E-state index in [0.717, 1.165) is 11.1 Å². The Bertz CT molecular complexity index is 1190. The number of hydrogen-bond donors (Lipinski definition) is 1. The summed E-state index contributed by atoms with van der Waals surface area (Å²) < 4.78 is 11.4. The Morgan fingerprint density at radius 1 is 1.21 bits per heavy atom. The summed E-state index contributed by atoms with van der Waals surface area (Å²) in [5.41, 5.74) is 9.13. The number of hydrogen-bond acceptors (Lipinski definition) is 8. The number of nitrogens with zero attached hydrogens (tertiary/aromatic N) is 3. The zero-order chi connectivity index (χ0) is 23.5. The molecule has 0 aliphatic carbocycles. The van der Waals surface area contributed by atoms with E-state index in [9.17, 15) is 10.1 Å². The summed E-state index contributed by atoms with van der Waals surface area (Å²) in [6, 6.07) is 19.0. The van der Waals surface area contributed by atoms with Gasteiger partial charge in [0.2, 0.25) is 0 Å². The van der Waals surface area contributed by atoms with Crippen LogP contribution < -0.4 is 10.5 Å². The summed E-state index contributed by atoms with van der Waals surface area (Å²) in [4.78, 5) is 19.7. The molecule has 8 heteroatoms. The van der Waals surface area contributed by atoms with Crippen LogP contribution in [0.15, 0.2) is 81.6 Å². The van der Waals surface area contributed by atoms with Crippen molar-refractivity contribution in [3.8, 4) is 11.8 Å². The molecule has 2 aromatic carbocycles. The van der Waals surface area contributed by atoms with Gasteiger partial charge in [0.25, 0.3) is 0 Å². The molecule has 168 valence electrons. The largest absolute Gasteiger partial charge is 0.489 e. The molecule has 0 radical (unpaired) electrons. The van der Waals surface area contributed by atoms with E-state index >= 15 is 0 Å². The molecular formula is C25H24N4O3S. The first kappa shape index (κ1) is 22.5. The first-order valence-electron chi connectivity index (χ1n) is 10.5. The second kappa shape index (κ2) is 9.43. The van der Waals surface area contributed by atoms with E-state index in [-0.39, 0.29) is 11.9 Å². The Morgan fingerprint density at radius 2 is 1.91 bits per heavy atom. The van der Waals surface area contributed by atoms with Crippen LogP contribution >= 0.6 is 11.8 Å². The van der Waals surface area contributed by atoms with Gasteiger partial charge >= 0.3 is 5.97 Å². The van der Waals surface area contributed by atoms with Gasteiger partial charge in [-0.25, -0.2) is 9.79 Å². The number of rotatable bonds is 6. The number of allylic oxidation sites excluding steroid dienone is 2. The highest BCUT2D eigenvalue weighted by molar-refractivity contribution is 8.17. The maximum absolute atomic E-state index is 13.0. The fraction of sp³-hybridized carbons (Fsp3) is 0.240. The van der Waals surface area contributed by atoms with Crippen LogP contribution in [0, 0.1) is 11.3 Å². The summed E-state index contributed by atoms with van der Waals surface area (Å²) in [6.45, 7) is 5.82. The number of ether oxygens (including phenoxy) is 2. The van der Waals surface area contributed by atoms with Crippen molar-refractivity contribution in [2.75, 3.05) is 0 Å². The fourth-order valence-electron chi connectivity index (χ4n) is 3.68. The van der Waals surface area contributed by atoms with Crippen LogP contribution in [0.25, 0.3) is 0 Å². The third-order valence-corrected chi connectivity index (χ3v) is 6.16. The molecule has 2 heterocycles. The lowest BCUT2D eigenvalue weighted by Crippen LogP contribution is -2.39. The van der Waals surface area contributed by atoms with Crippen LogP contribution in [0.2, 0.25) is 0 Å². The predicted molar refractivity (Wildman–Crippen MR) is 128 cm³/mol. The quantitative estimate of drug-likeness (QED) is 0.629. The number of nitrogens with two attached hydrogens (primary N) is 1. The molecular weight excluding hydrogens is 436 g/mol. The van der Waals surface area contributed by atoms with Gasteiger partial charge in [0.15, 0.2) is 5.17 Å². The van der Waals surface area contributed by atoms with Gasteiger partial charge in [0.1, 0.15) is 29.2 Å². The predicted octanol–water partition coefficient (Wildman–Crippen LogP) is 4.60. The topological polar surface area (TPSA) is 101 Å². The number of fused-ring (bicyclic) bond motifs is 1. The van der Waals surface area contributed by atoms with Crippen molar-refractivity contribution >= 4 is 22.9 Å². The van der Waals surface area contributed by atoms with Gasteiger partial charge in [0.05, 0.1) is 23.4 Å². The minimum Gasteiger partial charge on any atom is -0.489 e. The molecule has 0 aromatic heterocycles. The van der Waals surface area contributed by atoms with Crippen LogP contribution in [-0.4, -0.2) is 22.1 Å². The van der Waals surface area contributed by atoms with Crippen LogP contribution in [0.3, 0.4) is 0 Å². The second-order valence-electron chi connectivity index (χ2n) is 7.89. The zero-order valence-electron chi connectivity index (χ0n) is 18.6. The molecule has 2 aliphatic rings. The minimum absolute atomic E-state index is 0.276. The number of nitriles is 1. The van der Waals surface area contributed by atoms with Crippen molar-refractivity contribution in [1.29, 1.82) is 5.26 Å². The molecule has 0 unspecified atom stereocenters. The summed E-state index contributed by atoms with van der Waals surface area (Å²) in [7, 11) is 0. The highest BCUT2D eigenvalue weighted by Crippen LogP contribution is 2.45. The van der Waals surface area contributed by atoms with Gasteiger partial charge < -0.3 is 15.2 Å². The molecule has 1 atom stereocenters. The maximum atomic E-state index is 13.0. The Balaban J connectivity index is 1.67. The van der Waals surface area contributed by atoms with Crippen molar-refractivity contribution in [3.05, 3.63) is 87.7 Å². The number of carbonyl (C=O) groups is 1. The second-order valence-corrected chi connectivity index (χ2v) is 8.87. The van der Waals surface area contributed by atoms with Crippen molar-refractivity contribution in [2.45, 2.75) is 39.5 Å². The van der Waals surface area contributed by atoms with E-state index in [2.05, 4.69) is 11.1 Å². The molecule has 0 spiro atoms. The summed E-state index contributed by atoms with van der Waals surface area (Å²) >= 11 is 1.20. The van der Waals surface area contributed by atoms with Crippen molar-refractivity contribution in [2.24, 2.45) is 10.7 Å². The number of benzene rings is 2. The number of esters is 1. The van der Waals surface area contributed by atoms with E-state index in [1.54, 1.807) is 25.7 Å². The van der Waals surface area contributed by atoms with Crippen LogP contribution in [0.4, 0.5) is 0 Å². The minimum atomic E-state index is -0.565. The fourth-order valence-corrected chi connectivity index (χ4v) is 4.60. The van der Waals surface area contributed by atoms with Crippen LogP contribution in [0.1, 0.15) is 37.9 Å². The molecule has 0 saturated heterocycles. The molecule has 0 amide bonds. The Labute approximate surface area is 197 Å². The van der Waals surface area contributed by atoms with Gasteiger partial charge in [-0.15, -0.1) is 0 Å². The molecule has 33 heavy (non-hydrogen) atoms. The number of amidine groups is 1. The van der Waals surface area contributed by atoms with Gasteiger partial charge in [-0.3, -0.25) is 4.90 Å². The van der Waals surface area contributed by atoms with Crippen molar-refractivity contribution < 1.29 is 14.3 Å². The molecule has 0 fully saturated rings. The van der Waals surface area contributed by atoms with Gasteiger partial charge in [-0.05, 0) is 55.8 Å². The summed E-state index contributed by atoms with van der Waals surface area (Å²) in [6.07, 6.45) is -0.284. The van der Waals surface area contributed by atoms with Crippen LogP contribution in [0.5, 0.6) is 5.75 Å². The molecule has 4 rings (SSSR count). The lowest BCUT2D eigenvalue weighted by Gasteiger charge is -2.35. The SMILES string of the molecule is CC1=C(C(=O)OC(C)C)[C@@H](c2ccc(OCc3ccccc3)cc2)N2C(=N1)SC(C#N)=C2N. The van der Waals surface area contributed by atoms with Gasteiger partial charge in [0, 0.05) is 0 Å². The monoisotopic (exact) mass is 460 g/mol. The zero-order valence-corrected chi connectivity index (χ0v) is 19.4. The smallest absolute Gasteiger partial charge is 0.338 e. The average molecular weight is 461 g/mol. The molecule has 0 bridgehead atoms. The Morgan fingerprint density at radius 3 is 2.55 bits per heavy atom. The Hall–Kier alpha value is -3.70. The van der Waals surface area contributed by atoms with E-state index < -0.39 is 12.0 Å². The first-order valence-corrected chi connectivity index (χ1v) is 11.3. The third kappa shape index (κ3) is 4.59. The van der Waals surface area contributed by atoms with Gasteiger partial charge in [-0.1, -0.05) is 42.5 Å². The lowest BCUT2D eigenvalue weighted by atomic mass is 9.94. The molecule has 2 aromatic rings. The molecule has 0 saturated carbocycles. The van der Waals surface area contributed by atoms with E-state index in [0.29, 0.717) is 33.7 Å². The normalized spacial score (nSPS) is 17.6. The maximum Gasteiger partial charge on any atom is 0.338 e. The Kier molecular flexibility index (Phi) is 6.43. The third-order valence-electron chi connectivity index (χ3n) is 5.18. The van der Waals surface area contributed by atoms with Crippen molar-refractivity contribution in [1.82, 2.24) is 4.90 Å². The van der Waals surface area contributed by atoms with Crippen LogP contribution in [-0.2, 0) is 16.1 Å². The highest BCUT2D eigenvalue weighted by Gasteiger charge is 2.42. The van der Waals surface area contributed by atoms with E-state index in [4.69, 9.17) is 15.2 Å². The number of carbonyl (C=O) groups excluding carboxylic acids is 1. The van der Waals surface area contributed by atoms with E-state index in [1.807, 2.05) is 54.6 Å². The average Bonchev–Trinajstić information content (AvgIpc) is 3.12. The number of aliphatic imine (C=N–C) groups is 1. The number of thioether (sulfide) groups is 1. The molecule has 2 aliphatic heterocycles. The first-order chi connectivity index (χ1) is 15.9. The van der Waals surface area contributed by atoms with E-state index in [1.165, 1.54) is 11.8 Å². The summed E-state index contributed by atoms with van der Waals surface area (Å²) in [5, 5.41) is 10.0. The van der Waals surface area contributed by atoms with Gasteiger partial charge in [-0.2, -0.15) is 5.26 Å². The molecule has 2 N–H and O–H groups in total. The van der Waals surface area contributed by atoms with Crippen molar-refractivity contribution in [3.63, 3.8) is 0 Å². The standard InChI is InChI=1S/C25H24N4O3S/c1-15(2)32-24(30)21-16(3)28-25-29(23(27)20(13-26)33-25)22(21)18-9-11-19(12-10-18)31-14-17-7-5-4-6-8-17/h4-12,15,22H,14,27H2,1-3H3/t22-/m1/s1. The lowest BCUT2D eigenvalue weighted by molar-refractivity contribution is -0.143. The summed E-state index contributed by atoms with van der Waals surface area (Å²) in [5.74, 6) is 0.525. The molecule has 7 nitrogen and oxygen atoms in total. The highest BCUT2D eigenvalue weighted by atomic mass is 32.2.